The molecule has 5 nitrogen and oxygen atoms in total. The monoisotopic (exact) mass is 395 g/mol. The third kappa shape index (κ3) is 4.39. The fourth-order valence-corrected chi connectivity index (χ4v) is 2.89. The Kier molecular flexibility index (Phi) is 5.53. The molecule has 0 fully saturated rings. The predicted octanol–water partition coefficient (Wildman–Crippen LogP) is 4.79. The van der Waals surface area contributed by atoms with Gasteiger partial charge in [0.25, 0.3) is 5.22 Å². The number of hydrogen-bond acceptors (Lipinski definition) is 5. The normalized spacial score (nSPS) is 12.0. The Hall–Kier alpha value is -2.45. The highest BCUT2D eigenvalue weighted by molar-refractivity contribution is 8.00. The lowest BCUT2D eigenvalue weighted by Gasteiger charge is -2.10. The van der Waals surface area contributed by atoms with E-state index in [0.29, 0.717) is 10.6 Å². The predicted molar refractivity (Wildman–Crippen MR) is 95.1 cm³/mol. The average Bonchev–Trinajstić information content (AvgIpc) is 3.06. The summed E-state index contributed by atoms with van der Waals surface area (Å²) in [4.78, 5) is 12.2. The van der Waals surface area contributed by atoms with Gasteiger partial charge >= 0.3 is 0 Å². The number of hydrogen-bond donors (Lipinski definition) is 1. The fraction of sp³-hybridized carbons (Fsp3) is 0.118. The number of nitrogens with one attached hydrogen (secondary N) is 1. The second kappa shape index (κ2) is 7.84. The van der Waals surface area contributed by atoms with E-state index in [0.717, 1.165) is 23.9 Å². The van der Waals surface area contributed by atoms with Crippen molar-refractivity contribution in [1.29, 1.82) is 0 Å². The molecule has 0 aliphatic carbocycles. The van der Waals surface area contributed by atoms with Crippen LogP contribution in [0, 0.1) is 11.6 Å². The molecular weight excluding hydrogens is 384 g/mol. The molecule has 1 N–H and O–H groups in total. The van der Waals surface area contributed by atoms with Crippen molar-refractivity contribution >= 4 is 35.0 Å². The van der Waals surface area contributed by atoms with E-state index >= 15 is 0 Å². The van der Waals surface area contributed by atoms with Crippen LogP contribution in [0.1, 0.15) is 6.92 Å². The molecule has 3 aromatic rings. The molecule has 1 atom stereocenters. The van der Waals surface area contributed by atoms with Crippen molar-refractivity contribution in [2.75, 3.05) is 5.32 Å². The number of carbonyl (C=O) groups is 1. The number of nitrogens with zero attached hydrogens (tertiary/aromatic N) is 2. The molecule has 1 heterocycles. The highest BCUT2D eigenvalue weighted by Gasteiger charge is 2.19. The van der Waals surface area contributed by atoms with Gasteiger partial charge < -0.3 is 9.73 Å². The lowest BCUT2D eigenvalue weighted by Crippen LogP contribution is -2.22. The van der Waals surface area contributed by atoms with Gasteiger partial charge in [-0.15, -0.1) is 10.2 Å². The molecule has 0 bridgehead atoms. The number of halogens is 3. The van der Waals surface area contributed by atoms with Gasteiger partial charge in [-0.05, 0) is 37.3 Å². The maximum atomic E-state index is 13.2. The van der Waals surface area contributed by atoms with Crippen LogP contribution in [0.5, 0.6) is 0 Å². The smallest absolute Gasteiger partial charge is 0.277 e. The largest absolute Gasteiger partial charge is 0.411 e. The third-order valence-corrected chi connectivity index (χ3v) is 4.48. The highest BCUT2D eigenvalue weighted by Crippen LogP contribution is 2.28. The zero-order valence-corrected chi connectivity index (χ0v) is 14.9. The SMILES string of the molecule is C[C@H](Sc1nnc(-c2cccc(Cl)c2)o1)C(=O)Nc1ccc(F)c(F)c1. The summed E-state index contributed by atoms with van der Waals surface area (Å²) < 4.78 is 31.6. The summed E-state index contributed by atoms with van der Waals surface area (Å²) in [5.74, 6) is -2.15. The summed E-state index contributed by atoms with van der Waals surface area (Å²) in [7, 11) is 0. The first-order chi connectivity index (χ1) is 12.4. The van der Waals surface area contributed by atoms with Gasteiger partial charge in [0.1, 0.15) is 0 Å². The van der Waals surface area contributed by atoms with E-state index in [1.54, 1.807) is 31.2 Å². The molecule has 0 unspecified atom stereocenters. The van der Waals surface area contributed by atoms with E-state index in [1.165, 1.54) is 6.07 Å². The van der Waals surface area contributed by atoms with Crippen molar-refractivity contribution < 1.29 is 18.0 Å². The van der Waals surface area contributed by atoms with Gasteiger partial charge in [-0.3, -0.25) is 4.79 Å². The van der Waals surface area contributed by atoms with Crippen molar-refractivity contribution in [2.24, 2.45) is 0 Å². The van der Waals surface area contributed by atoms with Crippen LogP contribution in [0.15, 0.2) is 52.1 Å². The van der Waals surface area contributed by atoms with Crippen molar-refractivity contribution in [3.8, 4) is 11.5 Å². The Labute approximate surface area is 156 Å². The van der Waals surface area contributed by atoms with Gasteiger partial charge in [0.05, 0.1) is 5.25 Å². The Bertz CT molecular complexity index is 951. The van der Waals surface area contributed by atoms with Gasteiger partial charge in [-0.2, -0.15) is 0 Å². The minimum atomic E-state index is -1.04. The first kappa shape index (κ1) is 18.3. The van der Waals surface area contributed by atoms with Crippen LogP contribution in [0.25, 0.3) is 11.5 Å². The summed E-state index contributed by atoms with van der Waals surface area (Å²) >= 11 is 6.97. The Balaban J connectivity index is 1.65. The van der Waals surface area contributed by atoms with Crippen molar-refractivity contribution in [1.82, 2.24) is 10.2 Å². The molecular formula is C17H12ClF2N3O2S. The lowest BCUT2D eigenvalue weighted by molar-refractivity contribution is -0.115. The molecule has 3 rings (SSSR count). The molecule has 0 spiro atoms. The number of carbonyl (C=O) groups excluding carboxylic acids is 1. The van der Waals surface area contributed by atoms with E-state index in [1.807, 2.05) is 0 Å². The molecule has 0 saturated heterocycles. The molecule has 9 heteroatoms. The summed E-state index contributed by atoms with van der Waals surface area (Å²) in [6.07, 6.45) is 0. The number of rotatable bonds is 5. The molecule has 1 aromatic heterocycles. The van der Waals surface area contributed by atoms with E-state index in [-0.39, 0.29) is 16.8 Å². The number of amides is 1. The van der Waals surface area contributed by atoms with Crippen LogP contribution in [-0.2, 0) is 4.79 Å². The molecule has 0 aliphatic rings. The zero-order chi connectivity index (χ0) is 18.7. The molecule has 1 amide bonds. The van der Waals surface area contributed by atoms with Crippen LogP contribution in [0.2, 0.25) is 5.02 Å². The van der Waals surface area contributed by atoms with Gasteiger partial charge in [0, 0.05) is 22.3 Å². The molecule has 0 aliphatic heterocycles. The third-order valence-electron chi connectivity index (χ3n) is 3.31. The lowest BCUT2D eigenvalue weighted by atomic mass is 10.2. The van der Waals surface area contributed by atoms with Crippen LogP contribution >= 0.6 is 23.4 Å². The first-order valence-corrected chi connectivity index (χ1v) is 8.70. The topological polar surface area (TPSA) is 68.0 Å². The highest BCUT2D eigenvalue weighted by atomic mass is 35.5. The van der Waals surface area contributed by atoms with E-state index < -0.39 is 22.8 Å². The Morgan fingerprint density at radius 1 is 1.19 bits per heavy atom. The standard InChI is InChI=1S/C17H12ClF2N3O2S/c1-9(15(24)21-12-5-6-13(19)14(20)8-12)26-17-23-22-16(25-17)10-3-2-4-11(18)7-10/h2-9H,1H3,(H,21,24)/t9-/m0/s1. The molecule has 0 radical (unpaired) electrons. The Morgan fingerprint density at radius 2 is 2.00 bits per heavy atom. The second-order valence-corrected chi connectivity index (χ2v) is 6.99. The van der Waals surface area contributed by atoms with Crippen molar-refractivity contribution in [3.05, 3.63) is 59.1 Å². The maximum Gasteiger partial charge on any atom is 0.277 e. The zero-order valence-electron chi connectivity index (χ0n) is 13.4. The average molecular weight is 396 g/mol. The van der Waals surface area contributed by atoms with Crippen LogP contribution in [-0.4, -0.2) is 21.4 Å². The van der Waals surface area contributed by atoms with Crippen molar-refractivity contribution in [2.45, 2.75) is 17.4 Å². The quantitative estimate of drug-likeness (QED) is 0.629. The molecule has 0 saturated carbocycles. The number of thioether (sulfide) groups is 1. The van der Waals surface area contributed by atoms with Gasteiger partial charge in [-0.25, -0.2) is 8.78 Å². The van der Waals surface area contributed by atoms with Gasteiger partial charge in [0.15, 0.2) is 11.6 Å². The van der Waals surface area contributed by atoms with Crippen LogP contribution in [0.3, 0.4) is 0 Å². The van der Waals surface area contributed by atoms with E-state index in [4.69, 9.17) is 16.0 Å². The minimum absolute atomic E-state index is 0.159. The summed E-state index contributed by atoms with van der Waals surface area (Å²) in [5.41, 5.74) is 0.822. The van der Waals surface area contributed by atoms with Gasteiger partial charge in [-0.1, -0.05) is 29.4 Å². The molecule has 26 heavy (non-hydrogen) atoms. The summed E-state index contributed by atoms with van der Waals surface area (Å²) in [6, 6.07) is 10.1. The summed E-state index contributed by atoms with van der Waals surface area (Å²) in [5, 5.41) is 10.5. The minimum Gasteiger partial charge on any atom is -0.411 e. The fourth-order valence-electron chi connectivity index (χ4n) is 2.02. The number of benzene rings is 2. The van der Waals surface area contributed by atoms with E-state index in [9.17, 15) is 13.6 Å². The van der Waals surface area contributed by atoms with Crippen LogP contribution in [0.4, 0.5) is 14.5 Å². The van der Waals surface area contributed by atoms with Crippen molar-refractivity contribution in [3.63, 3.8) is 0 Å². The number of aromatic nitrogens is 2. The molecule has 2 aromatic carbocycles. The summed E-state index contributed by atoms with van der Waals surface area (Å²) in [6.45, 7) is 1.63. The Morgan fingerprint density at radius 3 is 2.73 bits per heavy atom. The van der Waals surface area contributed by atoms with Crippen LogP contribution < -0.4 is 5.32 Å². The van der Waals surface area contributed by atoms with Gasteiger partial charge in [0.2, 0.25) is 11.8 Å². The number of anilines is 1. The van der Waals surface area contributed by atoms with E-state index in [2.05, 4.69) is 15.5 Å². The second-order valence-electron chi connectivity index (χ2n) is 5.26. The maximum absolute atomic E-state index is 13.2. The molecule has 134 valence electrons. The first-order valence-electron chi connectivity index (χ1n) is 7.44.